The van der Waals surface area contributed by atoms with Gasteiger partial charge in [-0.15, -0.1) is 0 Å². The molecule has 0 radical (unpaired) electrons. The Morgan fingerprint density at radius 2 is 2.05 bits per heavy atom. The lowest BCUT2D eigenvalue weighted by atomic mass is 10.2. The van der Waals surface area contributed by atoms with Gasteiger partial charge in [0.25, 0.3) is 5.56 Å². The van der Waals surface area contributed by atoms with E-state index in [0.29, 0.717) is 6.54 Å². The van der Waals surface area contributed by atoms with Gasteiger partial charge in [-0.3, -0.25) is 9.36 Å². The third-order valence-corrected chi connectivity index (χ3v) is 4.80. The van der Waals surface area contributed by atoms with Crippen LogP contribution in [-0.2, 0) is 19.4 Å². The number of hydrogen-bond acceptors (Lipinski definition) is 3. The van der Waals surface area contributed by atoms with Crippen molar-refractivity contribution in [3.05, 3.63) is 55.9 Å². The van der Waals surface area contributed by atoms with Gasteiger partial charge in [-0.25, -0.2) is 4.98 Å². The van der Waals surface area contributed by atoms with Crippen molar-refractivity contribution in [3.63, 3.8) is 0 Å². The summed E-state index contributed by atoms with van der Waals surface area (Å²) < 4.78 is 2.85. The zero-order valence-corrected chi connectivity index (χ0v) is 13.6. The summed E-state index contributed by atoms with van der Waals surface area (Å²) in [4.78, 5) is 17.3. The molecule has 0 bridgehead atoms. The van der Waals surface area contributed by atoms with E-state index >= 15 is 0 Å². The molecule has 0 saturated heterocycles. The zero-order chi connectivity index (χ0) is 14.1. The summed E-state index contributed by atoms with van der Waals surface area (Å²) in [6.07, 6.45) is 4.84. The summed E-state index contributed by atoms with van der Waals surface area (Å²) in [6, 6.07) is 8.07. The summed E-state index contributed by atoms with van der Waals surface area (Å²) in [5, 5.41) is 0.818. The minimum Gasteiger partial charge on any atom is -0.283 e. The molecule has 1 aromatic heterocycles. The van der Waals surface area contributed by atoms with Crippen molar-refractivity contribution in [1.82, 2.24) is 9.55 Å². The molecular formula is C15H15BrN2OS. The SMILES string of the molecule is CSc1nc2c(c(=O)n1Cc1ccc(Br)cc1)CCC2. The van der Waals surface area contributed by atoms with Gasteiger partial charge in [0.05, 0.1) is 12.2 Å². The van der Waals surface area contributed by atoms with E-state index in [-0.39, 0.29) is 5.56 Å². The molecule has 0 amide bonds. The van der Waals surface area contributed by atoms with Gasteiger partial charge in [-0.2, -0.15) is 0 Å². The molecular weight excluding hydrogens is 336 g/mol. The van der Waals surface area contributed by atoms with Crippen molar-refractivity contribution in [3.8, 4) is 0 Å². The molecule has 0 fully saturated rings. The van der Waals surface area contributed by atoms with E-state index in [0.717, 1.165) is 45.7 Å². The average Bonchev–Trinajstić information content (AvgIpc) is 2.92. The van der Waals surface area contributed by atoms with Crippen LogP contribution in [0.2, 0.25) is 0 Å². The summed E-state index contributed by atoms with van der Waals surface area (Å²) >= 11 is 4.97. The third kappa shape index (κ3) is 2.56. The first-order chi connectivity index (χ1) is 9.69. The summed E-state index contributed by atoms with van der Waals surface area (Å²) in [7, 11) is 0. The molecule has 1 aromatic carbocycles. The minimum atomic E-state index is 0.139. The molecule has 3 nitrogen and oxygen atoms in total. The number of halogens is 1. The zero-order valence-electron chi connectivity index (χ0n) is 11.2. The van der Waals surface area contributed by atoms with E-state index < -0.39 is 0 Å². The molecule has 20 heavy (non-hydrogen) atoms. The number of hydrogen-bond donors (Lipinski definition) is 0. The highest BCUT2D eigenvalue weighted by molar-refractivity contribution is 9.10. The summed E-state index contributed by atoms with van der Waals surface area (Å²) in [5.41, 5.74) is 3.18. The molecule has 2 aromatic rings. The van der Waals surface area contributed by atoms with Crippen LogP contribution in [0, 0.1) is 0 Å². The van der Waals surface area contributed by atoms with E-state index in [1.807, 2.05) is 30.5 Å². The lowest BCUT2D eigenvalue weighted by Gasteiger charge is -2.12. The predicted molar refractivity (Wildman–Crippen MR) is 85.5 cm³/mol. The van der Waals surface area contributed by atoms with Gasteiger partial charge in [0.15, 0.2) is 5.16 Å². The summed E-state index contributed by atoms with van der Waals surface area (Å²) in [6.45, 7) is 0.586. The van der Waals surface area contributed by atoms with Crippen molar-refractivity contribution in [1.29, 1.82) is 0 Å². The van der Waals surface area contributed by atoms with E-state index in [1.54, 1.807) is 16.3 Å². The highest BCUT2D eigenvalue weighted by Gasteiger charge is 2.20. The standard InChI is InChI=1S/C15H15BrN2OS/c1-20-15-17-13-4-2-3-12(13)14(19)18(15)9-10-5-7-11(16)8-6-10/h5-8H,2-4,9H2,1H3. The van der Waals surface area contributed by atoms with Gasteiger partial charge in [-0.05, 0) is 43.2 Å². The predicted octanol–water partition coefficient (Wildman–Crippen LogP) is 3.26. The van der Waals surface area contributed by atoms with Crippen LogP contribution in [0.3, 0.4) is 0 Å². The van der Waals surface area contributed by atoms with Crippen LogP contribution >= 0.6 is 27.7 Å². The third-order valence-electron chi connectivity index (χ3n) is 3.59. The number of thioether (sulfide) groups is 1. The molecule has 0 saturated carbocycles. The maximum atomic E-state index is 12.6. The lowest BCUT2D eigenvalue weighted by Crippen LogP contribution is -2.27. The van der Waals surface area contributed by atoms with Crippen LogP contribution in [0.5, 0.6) is 0 Å². The molecule has 0 N–H and O–H groups in total. The molecule has 0 atom stereocenters. The van der Waals surface area contributed by atoms with Crippen molar-refractivity contribution in [2.75, 3.05) is 6.26 Å². The van der Waals surface area contributed by atoms with E-state index in [2.05, 4.69) is 20.9 Å². The highest BCUT2D eigenvalue weighted by atomic mass is 79.9. The fourth-order valence-corrected chi connectivity index (χ4v) is 3.41. The van der Waals surface area contributed by atoms with Gasteiger partial charge in [0.2, 0.25) is 0 Å². The molecule has 3 rings (SSSR count). The fraction of sp³-hybridized carbons (Fsp3) is 0.333. The number of fused-ring (bicyclic) bond motifs is 1. The van der Waals surface area contributed by atoms with E-state index in [9.17, 15) is 4.79 Å². The van der Waals surface area contributed by atoms with Gasteiger partial charge in [-0.1, -0.05) is 39.8 Å². The number of aromatic nitrogens is 2. The Morgan fingerprint density at radius 1 is 1.30 bits per heavy atom. The molecule has 0 aliphatic heterocycles. The highest BCUT2D eigenvalue weighted by Crippen LogP contribution is 2.21. The Bertz CT molecular complexity index is 694. The molecule has 5 heteroatoms. The maximum absolute atomic E-state index is 12.6. The van der Waals surface area contributed by atoms with Crippen molar-refractivity contribution in [2.45, 2.75) is 31.0 Å². The van der Waals surface area contributed by atoms with Crippen LogP contribution < -0.4 is 5.56 Å². The second-order valence-corrected chi connectivity index (χ2v) is 6.58. The van der Waals surface area contributed by atoms with Gasteiger partial charge >= 0.3 is 0 Å². The molecule has 1 aliphatic carbocycles. The largest absolute Gasteiger partial charge is 0.283 e. The van der Waals surface area contributed by atoms with Crippen molar-refractivity contribution in [2.24, 2.45) is 0 Å². The average molecular weight is 351 g/mol. The molecule has 0 unspecified atom stereocenters. The molecule has 0 spiro atoms. The normalized spacial score (nSPS) is 13.5. The van der Waals surface area contributed by atoms with Crippen LogP contribution in [-0.4, -0.2) is 15.8 Å². The number of aryl methyl sites for hydroxylation is 1. The number of benzene rings is 1. The van der Waals surface area contributed by atoms with Gasteiger partial charge in [0, 0.05) is 10.0 Å². The molecule has 1 aliphatic rings. The Labute approximate surface area is 130 Å². The smallest absolute Gasteiger partial charge is 0.257 e. The van der Waals surface area contributed by atoms with E-state index in [4.69, 9.17) is 0 Å². The van der Waals surface area contributed by atoms with Crippen LogP contribution in [0.25, 0.3) is 0 Å². The van der Waals surface area contributed by atoms with Crippen LogP contribution in [0.15, 0.2) is 38.7 Å². The first kappa shape index (κ1) is 13.9. The van der Waals surface area contributed by atoms with Crippen LogP contribution in [0.4, 0.5) is 0 Å². The van der Waals surface area contributed by atoms with Crippen LogP contribution in [0.1, 0.15) is 23.2 Å². The first-order valence-corrected chi connectivity index (χ1v) is 8.62. The van der Waals surface area contributed by atoms with E-state index in [1.165, 1.54) is 0 Å². The quantitative estimate of drug-likeness (QED) is 0.629. The Kier molecular flexibility index (Phi) is 3.98. The molecule has 104 valence electrons. The Morgan fingerprint density at radius 3 is 2.75 bits per heavy atom. The lowest BCUT2D eigenvalue weighted by molar-refractivity contribution is 0.632. The number of rotatable bonds is 3. The van der Waals surface area contributed by atoms with Gasteiger partial charge < -0.3 is 0 Å². The van der Waals surface area contributed by atoms with Crippen molar-refractivity contribution < 1.29 is 0 Å². The molecule has 1 heterocycles. The second kappa shape index (κ2) is 5.74. The fourth-order valence-electron chi connectivity index (χ4n) is 2.57. The maximum Gasteiger partial charge on any atom is 0.257 e. The van der Waals surface area contributed by atoms with Gasteiger partial charge in [0.1, 0.15) is 0 Å². The summed E-state index contributed by atoms with van der Waals surface area (Å²) in [5.74, 6) is 0. The first-order valence-electron chi connectivity index (χ1n) is 6.60. The Hall–Kier alpha value is -1.07. The topological polar surface area (TPSA) is 34.9 Å². The van der Waals surface area contributed by atoms with Crippen molar-refractivity contribution >= 4 is 27.7 Å². The monoisotopic (exact) mass is 350 g/mol. The number of nitrogens with zero attached hydrogens (tertiary/aromatic N) is 2. The minimum absolute atomic E-state index is 0.139. The Balaban J connectivity index is 2.04. The second-order valence-electron chi connectivity index (χ2n) is 4.90.